The summed E-state index contributed by atoms with van der Waals surface area (Å²) in [7, 11) is 0. The molecule has 0 aliphatic carbocycles. The number of hydrogen-bond acceptors (Lipinski definition) is 0. The van der Waals surface area contributed by atoms with Crippen molar-refractivity contribution in [1.82, 2.24) is 0 Å². The van der Waals surface area contributed by atoms with Gasteiger partial charge in [-0.3, -0.25) is 0 Å². The molecule has 80 valence electrons. The molecular formula is C12H24N2+2. The molecule has 0 amide bonds. The highest BCUT2D eigenvalue weighted by atomic mass is 15.3. The topological polar surface area (TPSA) is 8.88 Å². The number of nitrogens with one attached hydrogen (secondary N) is 2. The summed E-state index contributed by atoms with van der Waals surface area (Å²) in [5.74, 6) is 0. The minimum atomic E-state index is 1.15. The smallest absolute Gasteiger partial charge is 0.127 e. The maximum atomic E-state index is 3.97. The maximum absolute atomic E-state index is 3.97. The Bertz CT molecular complexity index is 188. The van der Waals surface area contributed by atoms with Crippen LogP contribution in [0.3, 0.4) is 0 Å². The SMILES string of the molecule is C=C(C)C[NH+]1CC[NH+](CC(=C)C)CC1. The second-order valence-corrected chi connectivity index (χ2v) is 4.77. The van der Waals surface area contributed by atoms with E-state index in [1.165, 1.54) is 37.3 Å². The summed E-state index contributed by atoms with van der Waals surface area (Å²) in [4.78, 5) is 3.39. The summed E-state index contributed by atoms with van der Waals surface area (Å²) in [6.07, 6.45) is 0. The van der Waals surface area contributed by atoms with Gasteiger partial charge in [0.2, 0.25) is 0 Å². The molecule has 0 saturated carbocycles. The van der Waals surface area contributed by atoms with Crippen molar-refractivity contribution < 1.29 is 9.80 Å². The van der Waals surface area contributed by atoms with Crippen molar-refractivity contribution in [1.29, 1.82) is 0 Å². The van der Waals surface area contributed by atoms with Gasteiger partial charge in [-0.2, -0.15) is 0 Å². The number of hydrogen-bond donors (Lipinski definition) is 2. The van der Waals surface area contributed by atoms with E-state index in [1.54, 1.807) is 9.80 Å². The predicted octanol–water partition coefficient (Wildman–Crippen LogP) is -1.08. The fraction of sp³-hybridized carbons (Fsp3) is 0.667. The molecule has 1 saturated heterocycles. The van der Waals surface area contributed by atoms with E-state index < -0.39 is 0 Å². The Labute approximate surface area is 87.9 Å². The van der Waals surface area contributed by atoms with Crippen molar-refractivity contribution in [3.63, 3.8) is 0 Å². The van der Waals surface area contributed by atoms with Crippen LogP contribution in [-0.2, 0) is 0 Å². The first kappa shape index (κ1) is 11.5. The lowest BCUT2D eigenvalue weighted by atomic mass is 10.2. The van der Waals surface area contributed by atoms with Gasteiger partial charge in [-0.05, 0) is 25.0 Å². The van der Waals surface area contributed by atoms with E-state index in [4.69, 9.17) is 0 Å². The van der Waals surface area contributed by atoms with Crippen LogP contribution in [0, 0.1) is 0 Å². The Morgan fingerprint density at radius 2 is 1.14 bits per heavy atom. The van der Waals surface area contributed by atoms with Gasteiger partial charge in [0.15, 0.2) is 0 Å². The van der Waals surface area contributed by atoms with Crippen molar-refractivity contribution in [3.8, 4) is 0 Å². The average Bonchev–Trinajstić information content (AvgIpc) is 2.06. The van der Waals surface area contributed by atoms with Crippen LogP contribution in [0.25, 0.3) is 0 Å². The van der Waals surface area contributed by atoms with Crippen molar-refractivity contribution in [2.24, 2.45) is 0 Å². The fourth-order valence-corrected chi connectivity index (χ4v) is 2.16. The molecule has 0 bridgehead atoms. The molecule has 1 aliphatic heterocycles. The zero-order chi connectivity index (χ0) is 10.6. The lowest BCUT2D eigenvalue weighted by Crippen LogP contribution is -3.28. The van der Waals surface area contributed by atoms with Crippen molar-refractivity contribution in [2.75, 3.05) is 39.3 Å². The van der Waals surface area contributed by atoms with Gasteiger partial charge >= 0.3 is 0 Å². The Morgan fingerprint density at radius 1 is 0.857 bits per heavy atom. The third-order valence-electron chi connectivity index (χ3n) is 2.77. The van der Waals surface area contributed by atoms with Crippen LogP contribution in [0.2, 0.25) is 0 Å². The first-order chi connectivity index (χ1) is 6.58. The number of rotatable bonds is 4. The average molecular weight is 196 g/mol. The van der Waals surface area contributed by atoms with Crippen molar-refractivity contribution in [2.45, 2.75) is 13.8 Å². The summed E-state index contributed by atoms with van der Waals surface area (Å²) in [5, 5.41) is 0. The summed E-state index contributed by atoms with van der Waals surface area (Å²) in [6, 6.07) is 0. The van der Waals surface area contributed by atoms with E-state index in [0.717, 1.165) is 13.1 Å². The van der Waals surface area contributed by atoms with E-state index in [-0.39, 0.29) is 0 Å². The first-order valence-corrected chi connectivity index (χ1v) is 5.54. The normalized spacial score (nSPS) is 27.3. The molecule has 0 radical (unpaired) electrons. The van der Waals surface area contributed by atoms with Crippen LogP contribution >= 0.6 is 0 Å². The molecular weight excluding hydrogens is 172 g/mol. The molecule has 0 aromatic carbocycles. The quantitative estimate of drug-likeness (QED) is 0.530. The fourth-order valence-electron chi connectivity index (χ4n) is 2.16. The molecule has 14 heavy (non-hydrogen) atoms. The highest BCUT2D eigenvalue weighted by molar-refractivity contribution is 4.87. The molecule has 1 heterocycles. The standard InChI is InChI=1S/C12H22N2/c1-11(2)9-13-5-7-14(8-6-13)10-12(3)4/h1,3,5-10H2,2,4H3/p+2. The summed E-state index contributed by atoms with van der Waals surface area (Å²) in [5.41, 5.74) is 2.62. The Morgan fingerprint density at radius 3 is 1.36 bits per heavy atom. The van der Waals surface area contributed by atoms with Crippen LogP contribution in [0.15, 0.2) is 24.3 Å². The van der Waals surface area contributed by atoms with Gasteiger partial charge in [0.1, 0.15) is 26.2 Å². The third kappa shape index (κ3) is 4.07. The molecule has 1 aliphatic rings. The first-order valence-electron chi connectivity index (χ1n) is 5.54. The Kier molecular flexibility index (Phi) is 4.36. The molecule has 2 N–H and O–H groups in total. The van der Waals surface area contributed by atoms with Crippen molar-refractivity contribution in [3.05, 3.63) is 24.3 Å². The zero-order valence-corrected chi connectivity index (χ0v) is 9.66. The van der Waals surface area contributed by atoms with E-state index >= 15 is 0 Å². The minimum absolute atomic E-state index is 1.15. The van der Waals surface area contributed by atoms with Gasteiger partial charge in [-0.15, -0.1) is 0 Å². The van der Waals surface area contributed by atoms with E-state index in [9.17, 15) is 0 Å². The third-order valence-corrected chi connectivity index (χ3v) is 2.77. The lowest BCUT2D eigenvalue weighted by molar-refractivity contribution is -1.01. The second kappa shape index (κ2) is 5.32. The molecule has 0 spiro atoms. The highest BCUT2D eigenvalue weighted by Gasteiger charge is 2.22. The molecule has 1 fully saturated rings. The molecule has 2 nitrogen and oxygen atoms in total. The molecule has 1 rings (SSSR count). The molecule has 0 atom stereocenters. The van der Waals surface area contributed by atoms with Crippen LogP contribution < -0.4 is 9.80 Å². The van der Waals surface area contributed by atoms with Gasteiger partial charge < -0.3 is 9.80 Å². The van der Waals surface area contributed by atoms with Crippen LogP contribution in [0.5, 0.6) is 0 Å². The van der Waals surface area contributed by atoms with E-state index in [1.807, 2.05) is 0 Å². The number of piperazine rings is 1. The Balaban J connectivity index is 2.24. The molecule has 0 aromatic heterocycles. The Hall–Kier alpha value is -0.600. The molecule has 0 aromatic rings. The highest BCUT2D eigenvalue weighted by Crippen LogP contribution is 1.79. The van der Waals surface area contributed by atoms with Crippen LogP contribution in [0.4, 0.5) is 0 Å². The van der Waals surface area contributed by atoms with Gasteiger partial charge in [-0.25, -0.2) is 0 Å². The summed E-state index contributed by atoms with van der Waals surface area (Å²) in [6.45, 7) is 19.7. The molecule has 0 unspecified atom stereocenters. The molecule has 2 heteroatoms. The van der Waals surface area contributed by atoms with Gasteiger partial charge in [0.25, 0.3) is 0 Å². The zero-order valence-electron chi connectivity index (χ0n) is 9.66. The minimum Gasteiger partial charge on any atom is -0.322 e. The van der Waals surface area contributed by atoms with Gasteiger partial charge in [0.05, 0.1) is 13.1 Å². The largest absolute Gasteiger partial charge is 0.322 e. The summed E-state index contributed by atoms with van der Waals surface area (Å²) < 4.78 is 0. The van der Waals surface area contributed by atoms with Crippen LogP contribution in [-0.4, -0.2) is 39.3 Å². The maximum Gasteiger partial charge on any atom is 0.127 e. The van der Waals surface area contributed by atoms with Gasteiger partial charge in [0, 0.05) is 0 Å². The predicted molar refractivity (Wildman–Crippen MR) is 60.8 cm³/mol. The van der Waals surface area contributed by atoms with Gasteiger partial charge in [-0.1, -0.05) is 13.2 Å². The van der Waals surface area contributed by atoms with E-state index in [0.29, 0.717) is 0 Å². The number of quaternary nitrogens is 2. The van der Waals surface area contributed by atoms with Crippen molar-refractivity contribution >= 4 is 0 Å². The second-order valence-electron chi connectivity index (χ2n) is 4.77. The monoisotopic (exact) mass is 196 g/mol. The summed E-state index contributed by atoms with van der Waals surface area (Å²) >= 11 is 0. The van der Waals surface area contributed by atoms with E-state index in [2.05, 4.69) is 27.0 Å². The lowest BCUT2D eigenvalue weighted by Gasteiger charge is -2.29. The van der Waals surface area contributed by atoms with Crippen LogP contribution in [0.1, 0.15) is 13.8 Å².